The highest BCUT2D eigenvalue weighted by molar-refractivity contribution is 8.26. The smallest absolute Gasteiger partial charge is 0.285 e. The van der Waals surface area contributed by atoms with E-state index >= 15 is 0 Å². The first kappa shape index (κ1) is 19.3. The molecule has 1 saturated heterocycles. The van der Waals surface area contributed by atoms with Gasteiger partial charge in [0.25, 0.3) is 17.5 Å². The number of nitro benzene ring substituents is 1. The minimum Gasteiger partial charge on any atom is -0.507 e. The maximum absolute atomic E-state index is 12.6. The summed E-state index contributed by atoms with van der Waals surface area (Å²) in [5.74, 6) is -1.94. The van der Waals surface area contributed by atoms with Crippen molar-refractivity contribution in [2.45, 2.75) is 0 Å². The number of benzene rings is 2. The lowest BCUT2D eigenvalue weighted by atomic mass is 10.1. The van der Waals surface area contributed by atoms with Crippen LogP contribution in [0.2, 0.25) is 0 Å². The van der Waals surface area contributed by atoms with Gasteiger partial charge in [0.15, 0.2) is 4.32 Å². The second-order valence-electron chi connectivity index (χ2n) is 5.48. The van der Waals surface area contributed by atoms with Crippen molar-refractivity contribution < 1.29 is 24.7 Å². The number of thiocarbonyl (C=S) groups is 1. The minimum absolute atomic E-state index is 0.0185. The molecule has 2 amide bonds. The topological polar surface area (TPSA) is 133 Å². The van der Waals surface area contributed by atoms with Crippen LogP contribution in [0.5, 0.6) is 11.5 Å². The van der Waals surface area contributed by atoms with E-state index in [1.807, 2.05) is 0 Å². The number of hydrazine groups is 1. The van der Waals surface area contributed by atoms with E-state index in [0.717, 1.165) is 35.0 Å². The lowest BCUT2D eigenvalue weighted by molar-refractivity contribution is -0.384. The maximum atomic E-state index is 12.6. The van der Waals surface area contributed by atoms with Gasteiger partial charge in [0.2, 0.25) is 0 Å². The lowest BCUT2D eigenvalue weighted by Gasteiger charge is -2.16. The number of carbonyl (C=O) groups is 2. The van der Waals surface area contributed by atoms with Crippen LogP contribution in [0.1, 0.15) is 15.9 Å². The Hall–Kier alpha value is -3.44. The third-order valence-electron chi connectivity index (χ3n) is 3.66. The zero-order valence-electron chi connectivity index (χ0n) is 13.9. The average Bonchev–Trinajstić information content (AvgIpc) is 2.91. The summed E-state index contributed by atoms with van der Waals surface area (Å²) in [6.45, 7) is 0. The van der Waals surface area contributed by atoms with Crippen LogP contribution in [0.25, 0.3) is 6.08 Å². The fourth-order valence-electron chi connectivity index (χ4n) is 2.30. The summed E-state index contributed by atoms with van der Waals surface area (Å²) in [7, 11) is 0. The Bertz CT molecular complexity index is 1050. The lowest BCUT2D eigenvalue weighted by Crippen LogP contribution is -2.44. The maximum Gasteiger partial charge on any atom is 0.285 e. The molecule has 9 nitrogen and oxygen atoms in total. The fourth-order valence-corrected chi connectivity index (χ4v) is 3.47. The molecular formula is C17H11N3O6S2. The first-order valence-electron chi connectivity index (χ1n) is 7.62. The number of phenolic OH excluding ortho intramolecular Hbond substituents is 2. The van der Waals surface area contributed by atoms with Crippen molar-refractivity contribution in [2.24, 2.45) is 0 Å². The number of rotatable bonds is 4. The van der Waals surface area contributed by atoms with Gasteiger partial charge in [0.1, 0.15) is 11.5 Å². The molecule has 0 radical (unpaired) electrons. The van der Waals surface area contributed by atoms with Crippen molar-refractivity contribution >= 4 is 51.9 Å². The fraction of sp³-hybridized carbons (Fsp3) is 0. The van der Waals surface area contributed by atoms with Gasteiger partial charge in [-0.15, -0.1) is 0 Å². The van der Waals surface area contributed by atoms with E-state index in [9.17, 15) is 29.9 Å². The van der Waals surface area contributed by atoms with Gasteiger partial charge in [-0.1, -0.05) is 23.9 Å². The van der Waals surface area contributed by atoms with E-state index in [0.29, 0.717) is 0 Å². The number of amides is 2. The predicted molar refractivity (Wildman–Crippen MR) is 105 cm³/mol. The van der Waals surface area contributed by atoms with Crippen LogP contribution < -0.4 is 5.43 Å². The van der Waals surface area contributed by atoms with Gasteiger partial charge in [-0.05, 0) is 36.5 Å². The standard InChI is InChI=1S/C17H11N3O6S2/c21-12-6-5-10(20(25)26)7-9(12)8-14-16(24)19(17(27)28-14)18-15(23)11-3-1-2-4-13(11)22/h1-8,21-22H,(H,18,23)/b14-8-. The number of non-ortho nitro benzene ring substituents is 1. The molecule has 2 aromatic rings. The van der Waals surface area contributed by atoms with E-state index < -0.39 is 16.7 Å². The molecule has 1 fully saturated rings. The highest BCUT2D eigenvalue weighted by Crippen LogP contribution is 2.34. The molecule has 1 aliphatic heterocycles. The third-order valence-corrected chi connectivity index (χ3v) is 4.97. The van der Waals surface area contributed by atoms with Crippen molar-refractivity contribution in [3.63, 3.8) is 0 Å². The van der Waals surface area contributed by atoms with Gasteiger partial charge in [-0.3, -0.25) is 25.1 Å². The monoisotopic (exact) mass is 417 g/mol. The van der Waals surface area contributed by atoms with Crippen LogP contribution in [0.15, 0.2) is 47.4 Å². The molecule has 0 atom stereocenters. The number of nitrogens with one attached hydrogen (secondary N) is 1. The van der Waals surface area contributed by atoms with Crippen molar-refractivity contribution in [3.8, 4) is 11.5 Å². The van der Waals surface area contributed by atoms with E-state index in [2.05, 4.69) is 5.43 Å². The van der Waals surface area contributed by atoms with Crippen LogP contribution in [-0.4, -0.2) is 36.3 Å². The molecule has 142 valence electrons. The van der Waals surface area contributed by atoms with Gasteiger partial charge in [-0.25, -0.2) is 0 Å². The van der Waals surface area contributed by atoms with Crippen LogP contribution in [0.3, 0.4) is 0 Å². The SMILES string of the molecule is O=C(NN1C(=O)/C(=C/c2cc([N+](=O)[O-])ccc2O)SC1=S)c1ccccc1O. The average molecular weight is 417 g/mol. The van der Waals surface area contributed by atoms with Crippen LogP contribution in [0.4, 0.5) is 5.69 Å². The van der Waals surface area contributed by atoms with Crippen molar-refractivity contribution in [1.29, 1.82) is 0 Å². The normalized spacial score (nSPS) is 15.1. The molecule has 1 heterocycles. The van der Waals surface area contributed by atoms with E-state index in [1.165, 1.54) is 18.2 Å². The van der Waals surface area contributed by atoms with Crippen molar-refractivity contribution in [3.05, 3.63) is 68.6 Å². The molecule has 3 rings (SSSR count). The molecule has 0 spiro atoms. The summed E-state index contributed by atoms with van der Waals surface area (Å²) >= 11 is 5.94. The Morgan fingerprint density at radius 3 is 2.61 bits per heavy atom. The van der Waals surface area contributed by atoms with E-state index in [4.69, 9.17) is 12.2 Å². The molecule has 0 aliphatic carbocycles. The molecule has 2 aromatic carbocycles. The molecule has 0 saturated carbocycles. The number of nitro groups is 1. The van der Waals surface area contributed by atoms with Crippen molar-refractivity contribution in [2.75, 3.05) is 0 Å². The summed E-state index contributed by atoms with van der Waals surface area (Å²) < 4.78 is 0.0185. The molecular weight excluding hydrogens is 406 g/mol. The van der Waals surface area contributed by atoms with Gasteiger partial charge in [-0.2, -0.15) is 5.01 Å². The first-order chi connectivity index (χ1) is 13.3. The zero-order chi connectivity index (χ0) is 20.4. The third kappa shape index (κ3) is 3.80. The highest BCUT2D eigenvalue weighted by Gasteiger charge is 2.34. The summed E-state index contributed by atoms with van der Waals surface area (Å²) in [5.41, 5.74) is 2.06. The van der Waals surface area contributed by atoms with Gasteiger partial charge >= 0.3 is 0 Å². The van der Waals surface area contributed by atoms with Gasteiger partial charge in [0.05, 0.1) is 15.4 Å². The predicted octanol–water partition coefficient (Wildman–Crippen LogP) is 2.55. The number of nitrogens with zero attached hydrogens (tertiary/aromatic N) is 2. The zero-order valence-corrected chi connectivity index (χ0v) is 15.5. The Balaban J connectivity index is 1.85. The summed E-state index contributed by atoms with van der Waals surface area (Å²) in [5, 5.41) is 31.3. The summed E-state index contributed by atoms with van der Waals surface area (Å²) in [4.78, 5) is 35.2. The molecule has 28 heavy (non-hydrogen) atoms. The number of hydrogen-bond acceptors (Lipinski definition) is 8. The van der Waals surface area contributed by atoms with Crippen LogP contribution in [-0.2, 0) is 4.79 Å². The molecule has 11 heteroatoms. The number of carbonyl (C=O) groups excluding carboxylic acids is 2. The summed E-state index contributed by atoms with van der Waals surface area (Å²) in [6, 6.07) is 9.17. The number of hydrogen-bond donors (Lipinski definition) is 3. The first-order valence-corrected chi connectivity index (χ1v) is 8.84. The highest BCUT2D eigenvalue weighted by atomic mass is 32.2. The Labute approximate surface area is 167 Å². The van der Waals surface area contributed by atoms with E-state index in [-0.39, 0.29) is 37.5 Å². The number of aromatic hydroxyl groups is 2. The molecule has 1 aliphatic rings. The van der Waals surface area contributed by atoms with Crippen LogP contribution >= 0.6 is 24.0 Å². The van der Waals surface area contributed by atoms with E-state index in [1.54, 1.807) is 12.1 Å². The largest absolute Gasteiger partial charge is 0.507 e. The van der Waals surface area contributed by atoms with Crippen LogP contribution in [0, 0.1) is 10.1 Å². The minimum atomic E-state index is -0.742. The molecule has 0 unspecified atom stereocenters. The molecule has 0 bridgehead atoms. The number of thioether (sulfide) groups is 1. The molecule has 0 aromatic heterocycles. The molecule has 3 N–H and O–H groups in total. The second kappa shape index (κ2) is 7.66. The van der Waals surface area contributed by atoms with Gasteiger partial charge in [0, 0.05) is 17.7 Å². The summed E-state index contributed by atoms with van der Waals surface area (Å²) in [6.07, 6.45) is 1.24. The quantitative estimate of drug-likeness (QED) is 0.299. The van der Waals surface area contributed by atoms with Crippen molar-refractivity contribution in [1.82, 2.24) is 10.4 Å². The second-order valence-corrected chi connectivity index (χ2v) is 7.15. The Morgan fingerprint density at radius 2 is 1.93 bits per heavy atom. The number of para-hydroxylation sites is 1. The Morgan fingerprint density at radius 1 is 1.21 bits per heavy atom. The Kier molecular flexibility index (Phi) is 5.29. The number of phenols is 2. The van der Waals surface area contributed by atoms with Gasteiger partial charge < -0.3 is 10.2 Å².